The number of likely N-dealkylation sites (tertiary alicyclic amines) is 1. The van der Waals surface area contributed by atoms with E-state index in [1.54, 1.807) is 20.8 Å². The summed E-state index contributed by atoms with van der Waals surface area (Å²) in [7, 11) is 1.32. The van der Waals surface area contributed by atoms with Crippen molar-refractivity contribution < 1.29 is 23.9 Å². The number of hydrogen-bond donors (Lipinski definition) is 1. The van der Waals surface area contributed by atoms with Crippen LogP contribution in [0.25, 0.3) is 0 Å². The summed E-state index contributed by atoms with van der Waals surface area (Å²) in [5, 5.41) is 2.68. The molecule has 0 unspecified atom stereocenters. The molecule has 1 aliphatic heterocycles. The standard InChI is InChI=1S/C18H32N2O5/c1-11-9-10-20(12(11)15(22)24-8)14(21)13(17(2,3)4)19-16(23)25-18(5,6)7/h11-13H,9-10H2,1-8H3,(H,19,23)/t11-,12-,13+/m0/s1. The molecule has 7 heteroatoms. The molecule has 0 aliphatic carbocycles. The van der Waals surface area contributed by atoms with Crippen molar-refractivity contribution in [1.29, 1.82) is 0 Å². The molecule has 1 heterocycles. The zero-order valence-electron chi connectivity index (χ0n) is 16.6. The van der Waals surface area contributed by atoms with E-state index in [4.69, 9.17) is 9.47 Å². The number of nitrogens with one attached hydrogen (secondary N) is 1. The number of amides is 2. The van der Waals surface area contributed by atoms with Crippen molar-refractivity contribution in [2.75, 3.05) is 13.7 Å². The maximum Gasteiger partial charge on any atom is 0.408 e. The van der Waals surface area contributed by atoms with Gasteiger partial charge in [-0.3, -0.25) is 4.79 Å². The second kappa shape index (κ2) is 7.62. The topological polar surface area (TPSA) is 84.9 Å². The highest BCUT2D eigenvalue weighted by atomic mass is 16.6. The lowest BCUT2D eigenvalue weighted by atomic mass is 9.85. The van der Waals surface area contributed by atoms with Gasteiger partial charge in [0.25, 0.3) is 0 Å². The van der Waals surface area contributed by atoms with E-state index in [2.05, 4.69) is 5.32 Å². The summed E-state index contributed by atoms with van der Waals surface area (Å²) in [4.78, 5) is 38.9. The van der Waals surface area contributed by atoms with Crippen LogP contribution >= 0.6 is 0 Å². The van der Waals surface area contributed by atoms with Gasteiger partial charge in [-0.2, -0.15) is 0 Å². The molecule has 0 aromatic rings. The summed E-state index contributed by atoms with van der Waals surface area (Å²) in [6, 6.07) is -1.43. The molecule has 0 radical (unpaired) electrons. The maximum atomic E-state index is 13.1. The number of rotatable bonds is 3. The molecule has 1 aliphatic rings. The Bertz CT molecular complexity index is 519. The lowest BCUT2D eigenvalue weighted by Gasteiger charge is -2.35. The van der Waals surface area contributed by atoms with Crippen molar-refractivity contribution >= 4 is 18.0 Å². The van der Waals surface area contributed by atoms with E-state index >= 15 is 0 Å². The van der Waals surface area contributed by atoms with Gasteiger partial charge in [0.05, 0.1) is 7.11 Å². The van der Waals surface area contributed by atoms with Gasteiger partial charge in [-0.05, 0) is 38.5 Å². The van der Waals surface area contributed by atoms with Crippen molar-refractivity contribution in [2.45, 2.75) is 72.6 Å². The summed E-state index contributed by atoms with van der Waals surface area (Å²) in [6.07, 6.45) is 0.0667. The number of hydrogen-bond acceptors (Lipinski definition) is 5. The largest absolute Gasteiger partial charge is 0.467 e. The minimum atomic E-state index is -0.806. The Hall–Kier alpha value is -1.79. The molecular weight excluding hydrogens is 324 g/mol. The van der Waals surface area contributed by atoms with Crippen LogP contribution in [0.15, 0.2) is 0 Å². The van der Waals surface area contributed by atoms with Gasteiger partial charge in [-0.1, -0.05) is 27.7 Å². The molecule has 1 rings (SSSR count). The summed E-state index contributed by atoms with van der Waals surface area (Å²) in [6.45, 7) is 13.2. The molecule has 1 fully saturated rings. The molecule has 7 nitrogen and oxygen atoms in total. The van der Waals surface area contributed by atoms with Crippen LogP contribution in [0, 0.1) is 11.3 Å². The smallest absolute Gasteiger partial charge is 0.408 e. The number of carbonyl (C=O) groups excluding carboxylic acids is 3. The summed E-state index contributed by atoms with van der Waals surface area (Å²) in [5.74, 6) is -0.708. The number of alkyl carbamates (subject to hydrolysis) is 1. The summed E-state index contributed by atoms with van der Waals surface area (Å²) >= 11 is 0. The van der Waals surface area contributed by atoms with Crippen molar-refractivity contribution in [3.63, 3.8) is 0 Å². The van der Waals surface area contributed by atoms with Crippen molar-refractivity contribution in [2.24, 2.45) is 11.3 Å². The first-order valence-electron chi connectivity index (χ1n) is 8.65. The average molecular weight is 356 g/mol. The van der Waals surface area contributed by atoms with Crippen molar-refractivity contribution in [3.05, 3.63) is 0 Å². The normalized spacial score (nSPS) is 22.3. The van der Waals surface area contributed by atoms with E-state index < -0.39 is 35.2 Å². The molecule has 0 saturated carbocycles. The molecule has 1 saturated heterocycles. The van der Waals surface area contributed by atoms with Gasteiger partial charge in [0, 0.05) is 6.54 Å². The maximum absolute atomic E-state index is 13.1. The third-order valence-corrected chi connectivity index (χ3v) is 4.20. The van der Waals surface area contributed by atoms with Gasteiger partial charge in [-0.15, -0.1) is 0 Å². The van der Waals surface area contributed by atoms with E-state index in [1.807, 2.05) is 27.7 Å². The van der Waals surface area contributed by atoms with Crippen LogP contribution in [0.4, 0.5) is 4.79 Å². The fourth-order valence-corrected chi connectivity index (χ4v) is 2.91. The number of nitrogens with zero attached hydrogens (tertiary/aromatic N) is 1. The Morgan fingerprint density at radius 2 is 1.68 bits per heavy atom. The van der Waals surface area contributed by atoms with Crippen LogP contribution in [-0.4, -0.2) is 54.2 Å². The molecule has 1 N–H and O–H groups in total. The zero-order valence-corrected chi connectivity index (χ0v) is 16.6. The number of carbonyl (C=O) groups is 3. The fraction of sp³-hybridized carbons (Fsp3) is 0.833. The minimum Gasteiger partial charge on any atom is -0.467 e. The van der Waals surface area contributed by atoms with Crippen LogP contribution in [-0.2, 0) is 19.1 Å². The third-order valence-electron chi connectivity index (χ3n) is 4.20. The highest BCUT2D eigenvalue weighted by Gasteiger charge is 2.45. The molecule has 2 amide bonds. The van der Waals surface area contributed by atoms with Crippen molar-refractivity contribution in [1.82, 2.24) is 10.2 Å². The van der Waals surface area contributed by atoms with E-state index in [1.165, 1.54) is 12.0 Å². The first-order chi connectivity index (χ1) is 11.3. The van der Waals surface area contributed by atoms with Gasteiger partial charge >= 0.3 is 12.1 Å². The van der Waals surface area contributed by atoms with Crippen LogP contribution in [0.1, 0.15) is 54.9 Å². The van der Waals surface area contributed by atoms with E-state index in [0.717, 1.165) is 6.42 Å². The molecule has 0 spiro atoms. The first kappa shape index (κ1) is 21.3. The molecule has 3 atom stereocenters. The molecule has 144 valence electrons. The molecular formula is C18H32N2O5. The van der Waals surface area contributed by atoms with E-state index in [-0.39, 0.29) is 11.8 Å². The Morgan fingerprint density at radius 3 is 2.12 bits per heavy atom. The van der Waals surface area contributed by atoms with Gasteiger partial charge in [0.1, 0.15) is 17.7 Å². The van der Waals surface area contributed by atoms with Crippen LogP contribution < -0.4 is 5.32 Å². The lowest BCUT2D eigenvalue weighted by Crippen LogP contribution is -2.57. The predicted octanol–water partition coefficient (Wildman–Crippen LogP) is 2.34. The Balaban J connectivity index is 3.01. The quantitative estimate of drug-likeness (QED) is 0.785. The van der Waals surface area contributed by atoms with E-state index in [9.17, 15) is 14.4 Å². The summed E-state index contributed by atoms with van der Waals surface area (Å²) in [5.41, 5.74) is -1.20. The second-order valence-corrected chi connectivity index (χ2v) is 8.71. The van der Waals surface area contributed by atoms with Crippen molar-refractivity contribution in [3.8, 4) is 0 Å². The molecule has 0 bridgehead atoms. The number of methoxy groups -OCH3 is 1. The van der Waals surface area contributed by atoms with Crippen LogP contribution in [0.5, 0.6) is 0 Å². The van der Waals surface area contributed by atoms with Gasteiger partial charge in [0.2, 0.25) is 5.91 Å². The molecule has 0 aromatic heterocycles. The Labute approximate surface area is 150 Å². The lowest BCUT2D eigenvalue weighted by molar-refractivity contribution is -0.153. The monoisotopic (exact) mass is 356 g/mol. The van der Waals surface area contributed by atoms with Gasteiger partial charge < -0.3 is 19.7 Å². The number of esters is 1. The summed E-state index contributed by atoms with van der Waals surface area (Å²) < 4.78 is 10.1. The van der Waals surface area contributed by atoms with Gasteiger partial charge in [0.15, 0.2) is 0 Å². The highest BCUT2D eigenvalue weighted by Crippen LogP contribution is 2.29. The Kier molecular flexibility index (Phi) is 6.48. The first-order valence-corrected chi connectivity index (χ1v) is 8.65. The average Bonchev–Trinajstić information content (AvgIpc) is 2.82. The fourth-order valence-electron chi connectivity index (χ4n) is 2.91. The molecule has 25 heavy (non-hydrogen) atoms. The van der Waals surface area contributed by atoms with E-state index in [0.29, 0.717) is 6.54 Å². The zero-order chi connectivity index (χ0) is 19.6. The van der Waals surface area contributed by atoms with Crippen LogP contribution in [0.3, 0.4) is 0 Å². The number of ether oxygens (including phenoxy) is 2. The minimum absolute atomic E-state index is 0.0125. The third kappa shape index (κ3) is 5.61. The second-order valence-electron chi connectivity index (χ2n) is 8.71. The van der Waals surface area contributed by atoms with Crippen LogP contribution in [0.2, 0.25) is 0 Å². The molecule has 0 aromatic carbocycles. The predicted molar refractivity (Wildman–Crippen MR) is 93.9 cm³/mol. The SMILES string of the molecule is COC(=O)[C@@H]1[C@@H](C)CCN1C(=O)[C@@H](NC(=O)OC(C)(C)C)C(C)(C)C. The Morgan fingerprint density at radius 1 is 1.12 bits per heavy atom. The van der Waals surface area contributed by atoms with Gasteiger partial charge in [-0.25, -0.2) is 9.59 Å². The highest BCUT2D eigenvalue weighted by molar-refractivity contribution is 5.91.